The average Bonchev–Trinajstić information content (AvgIpc) is 2.68. The van der Waals surface area contributed by atoms with Crippen molar-refractivity contribution in [3.63, 3.8) is 0 Å². The predicted octanol–water partition coefficient (Wildman–Crippen LogP) is 3.71. The Hall–Kier alpha value is -1.39. The van der Waals surface area contributed by atoms with Gasteiger partial charge in [-0.1, -0.05) is 0 Å². The Bertz CT molecular complexity index is 545. The van der Waals surface area contributed by atoms with Crippen LogP contribution in [-0.2, 0) is 37.4 Å². The molecule has 12 heteroatoms. The fraction of sp³-hybridized carbons (Fsp3) is 0.889. The number of hydrogen-bond donors (Lipinski definition) is 0. The Morgan fingerprint density at radius 3 is 2.23 bits per heavy atom. The zero-order valence-corrected chi connectivity index (χ0v) is 19.1. The summed E-state index contributed by atoms with van der Waals surface area (Å²) in [7, 11) is -3.52. The minimum absolute atomic E-state index is 0.0646. The number of carbonyl (C=O) groups is 2. The molecule has 176 valence electrons. The van der Waals surface area contributed by atoms with Gasteiger partial charge in [0.1, 0.15) is 0 Å². The lowest BCUT2D eigenvalue weighted by molar-refractivity contribution is -0.201. The molecule has 1 aliphatic heterocycles. The molecular formula is C18H34NO10P. The van der Waals surface area contributed by atoms with Crippen molar-refractivity contribution in [1.29, 1.82) is 0 Å². The number of carbonyl (C=O) groups excluding carboxylic acids is 2. The molecule has 0 N–H and O–H groups in total. The predicted molar refractivity (Wildman–Crippen MR) is 106 cm³/mol. The van der Waals surface area contributed by atoms with Gasteiger partial charge in [-0.25, -0.2) is 9.59 Å². The van der Waals surface area contributed by atoms with E-state index in [-0.39, 0.29) is 39.1 Å². The van der Waals surface area contributed by atoms with Gasteiger partial charge < -0.3 is 32.8 Å². The molecule has 0 aliphatic carbocycles. The normalized spacial score (nSPS) is 17.8. The lowest BCUT2D eigenvalue weighted by atomic mass is 10.2. The number of rotatable bonds is 12. The van der Waals surface area contributed by atoms with Gasteiger partial charge in [-0.2, -0.15) is 0 Å². The van der Waals surface area contributed by atoms with Crippen LogP contribution >= 0.6 is 7.60 Å². The maximum Gasteiger partial charge on any atom is 0.533 e. The van der Waals surface area contributed by atoms with Crippen LogP contribution in [-0.4, -0.2) is 75.4 Å². The van der Waals surface area contributed by atoms with Gasteiger partial charge in [-0.15, -0.1) is 5.06 Å². The molecule has 0 bridgehead atoms. The minimum Gasteiger partial charge on any atom is -0.448 e. The molecule has 1 saturated heterocycles. The summed E-state index contributed by atoms with van der Waals surface area (Å²) < 4.78 is 44.9. The van der Waals surface area contributed by atoms with E-state index in [9.17, 15) is 14.2 Å². The SMILES string of the molecule is CCOC(=O)ON(CC(CP(=O)(OCC)OCC)OC1CCCCO1)C(=O)OCC. The summed E-state index contributed by atoms with van der Waals surface area (Å²) in [4.78, 5) is 29.0. The first-order chi connectivity index (χ1) is 14.4. The number of amides is 1. The molecule has 30 heavy (non-hydrogen) atoms. The maximum atomic E-state index is 13.0. The van der Waals surface area contributed by atoms with E-state index in [1.54, 1.807) is 27.7 Å². The van der Waals surface area contributed by atoms with Crippen molar-refractivity contribution in [3.05, 3.63) is 0 Å². The molecule has 0 radical (unpaired) electrons. The largest absolute Gasteiger partial charge is 0.533 e. The van der Waals surface area contributed by atoms with Crippen LogP contribution in [0.1, 0.15) is 47.0 Å². The highest BCUT2D eigenvalue weighted by molar-refractivity contribution is 7.53. The monoisotopic (exact) mass is 455 g/mol. The highest BCUT2D eigenvalue weighted by Gasteiger charge is 2.35. The molecule has 0 aromatic heterocycles. The number of hydroxylamine groups is 2. The molecular weight excluding hydrogens is 421 g/mol. The Morgan fingerprint density at radius 2 is 1.70 bits per heavy atom. The van der Waals surface area contributed by atoms with Crippen molar-refractivity contribution in [2.24, 2.45) is 0 Å². The summed E-state index contributed by atoms with van der Waals surface area (Å²) in [6.07, 6.45) is -1.11. The van der Waals surface area contributed by atoms with E-state index in [1.165, 1.54) is 0 Å². The quantitative estimate of drug-likeness (QED) is 0.245. The fourth-order valence-electron chi connectivity index (χ4n) is 2.73. The van der Waals surface area contributed by atoms with Gasteiger partial charge in [0.05, 0.1) is 45.2 Å². The van der Waals surface area contributed by atoms with E-state index >= 15 is 0 Å². The van der Waals surface area contributed by atoms with Gasteiger partial charge in [0.2, 0.25) is 0 Å². The Morgan fingerprint density at radius 1 is 1.03 bits per heavy atom. The fourth-order valence-corrected chi connectivity index (χ4v) is 4.50. The van der Waals surface area contributed by atoms with Gasteiger partial charge in [-0.3, -0.25) is 4.57 Å². The van der Waals surface area contributed by atoms with Crippen molar-refractivity contribution in [1.82, 2.24) is 5.06 Å². The van der Waals surface area contributed by atoms with E-state index in [2.05, 4.69) is 0 Å². The van der Waals surface area contributed by atoms with Crippen molar-refractivity contribution < 1.29 is 47.0 Å². The minimum atomic E-state index is -3.52. The second-order valence-corrected chi connectivity index (χ2v) is 8.32. The standard InChI is InChI=1S/C18H34NO10P/c1-5-23-17(20)19(29-18(21)24-6-2)13-15(28-16-11-9-10-12-25-16)14-30(22,26-7-3)27-8-4/h15-16H,5-14H2,1-4H3. The van der Waals surface area contributed by atoms with Crippen LogP contribution in [0, 0.1) is 0 Å². The van der Waals surface area contributed by atoms with E-state index in [4.69, 9.17) is 32.8 Å². The molecule has 1 rings (SSSR count). The van der Waals surface area contributed by atoms with Crippen molar-refractivity contribution in [3.8, 4) is 0 Å². The zero-order valence-electron chi connectivity index (χ0n) is 18.2. The summed E-state index contributed by atoms with van der Waals surface area (Å²) >= 11 is 0. The van der Waals surface area contributed by atoms with Crippen LogP contribution < -0.4 is 0 Å². The zero-order chi connectivity index (χ0) is 22.4. The maximum absolute atomic E-state index is 13.0. The molecule has 0 aromatic carbocycles. The van der Waals surface area contributed by atoms with Crippen molar-refractivity contribution in [2.75, 3.05) is 45.7 Å². The third-order valence-electron chi connectivity index (χ3n) is 3.85. The van der Waals surface area contributed by atoms with Gasteiger partial charge >= 0.3 is 19.8 Å². The molecule has 1 amide bonds. The molecule has 1 heterocycles. The molecule has 2 atom stereocenters. The summed E-state index contributed by atoms with van der Waals surface area (Å²) in [6.45, 7) is 7.33. The third-order valence-corrected chi connectivity index (χ3v) is 6.01. The second-order valence-electron chi connectivity index (χ2n) is 6.22. The molecule has 2 unspecified atom stereocenters. The molecule has 0 spiro atoms. The van der Waals surface area contributed by atoms with Gasteiger partial charge in [-0.05, 0) is 47.0 Å². The van der Waals surface area contributed by atoms with Gasteiger partial charge in [0.25, 0.3) is 0 Å². The van der Waals surface area contributed by atoms with E-state index in [1.807, 2.05) is 0 Å². The molecule has 11 nitrogen and oxygen atoms in total. The molecule has 1 aliphatic rings. The van der Waals surface area contributed by atoms with Crippen LogP contribution in [0.2, 0.25) is 0 Å². The van der Waals surface area contributed by atoms with E-state index in [0.29, 0.717) is 18.1 Å². The Kier molecular flexibility index (Phi) is 13.0. The van der Waals surface area contributed by atoms with Crippen LogP contribution in [0.5, 0.6) is 0 Å². The smallest absolute Gasteiger partial charge is 0.448 e. The Labute approximate surface area is 177 Å². The van der Waals surface area contributed by atoms with E-state index in [0.717, 1.165) is 12.8 Å². The van der Waals surface area contributed by atoms with Crippen molar-refractivity contribution in [2.45, 2.75) is 59.4 Å². The van der Waals surface area contributed by atoms with Crippen LogP contribution in [0.3, 0.4) is 0 Å². The third kappa shape index (κ3) is 10.1. The van der Waals surface area contributed by atoms with Crippen LogP contribution in [0.15, 0.2) is 0 Å². The summed E-state index contributed by atoms with van der Waals surface area (Å²) in [6, 6.07) is 0. The molecule has 1 fully saturated rings. The molecule has 0 aromatic rings. The Balaban J connectivity index is 3.00. The summed E-state index contributed by atoms with van der Waals surface area (Å²) in [5, 5.41) is 0.678. The highest BCUT2D eigenvalue weighted by Crippen LogP contribution is 2.49. The first kappa shape index (κ1) is 26.6. The molecule has 0 saturated carbocycles. The van der Waals surface area contributed by atoms with Crippen molar-refractivity contribution >= 4 is 19.8 Å². The first-order valence-corrected chi connectivity index (χ1v) is 12.0. The van der Waals surface area contributed by atoms with Gasteiger partial charge in [0, 0.05) is 6.61 Å². The number of ether oxygens (including phenoxy) is 4. The summed E-state index contributed by atoms with van der Waals surface area (Å²) in [5.41, 5.74) is 0. The van der Waals surface area contributed by atoms with Crippen LogP contribution in [0.25, 0.3) is 0 Å². The van der Waals surface area contributed by atoms with Gasteiger partial charge in [0.15, 0.2) is 6.29 Å². The summed E-state index contributed by atoms with van der Waals surface area (Å²) in [5.74, 6) is 0. The number of hydrogen-bond acceptors (Lipinski definition) is 10. The average molecular weight is 455 g/mol. The number of nitrogens with zero attached hydrogens (tertiary/aromatic N) is 1. The highest BCUT2D eigenvalue weighted by atomic mass is 31.2. The second kappa shape index (κ2) is 14.6. The first-order valence-electron chi connectivity index (χ1n) is 10.3. The lowest BCUT2D eigenvalue weighted by Gasteiger charge is -2.31. The van der Waals surface area contributed by atoms with E-state index < -0.39 is 32.2 Å². The van der Waals surface area contributed by atoms with Crippen LogP contribution in [0.4, 0.5) is 9.59 Å². The topological polar surface area (TPSA) is 119 Å². The lowest BCUT2D eigenvalue weighted by Crippen LogP contribution is -2.43.